The maximum atomic E-state index is 6.11. The number of nitrogens with zero attached hydrogens (tertiary/aromatic N) is 1. The number of likely N-dealkylation sites (tertiary alicyclic amines) is 1. The van der Waals surface area contributed by atoms with Crippen molar-refractivity contribution in [3.05, 3.63) is 22.7 Å². The molecule has 0 saturated carbocycles. The van der Waals surface area contributed by atoms with Crippen LogP contribution in [0.2, 0.25) is 5.02 Å². The summed E-state index contributed by atoms with van der Waals surface area (Å²) in [6.45, 7) is 3.83. The average Bonchev–Trinajstić information content (AvgIpc) is 2.28. The van der Waals surface area contributed by atoms with Crippen LogP contribution in [0.25, 0.3) is 0 Å². The summed E-state index contributed by atoms with van der Waals surface area (Å²) in [5.41, 5.74) is 6.89. The molecule has 1 aliphatic heterocycles. The Balaban J connectivity index is 2.25. The third-order valence-electron chi connectivity index (χ3n) is 3.17. The SMILES string of the molecule is COc1cc(Cl)cc(CC(C)N)c1OC1CN(C)C1. The maximum absolute atomic E-state index is 6.11. The lowest BCUT2D eigenvalue weighted by Crippen LogP contribution is -2.51. The predicted octanol–water partition coefficient (Wildman–Crippen LogP) is 1.93. The monoisotopic (exact) mass is 284 g/mol. The van der Waals surface area contributed by atoms with Gasteiger partial charge in [-0.1, -0.05) is 11.6 Å². The van der Waals surface area contributed by atoms with E-state index in [-0.39, 0.29) is 12.1 Å². The molecule has 1 unspecified atom stereocenters. The molecule has 0 spiro atoms. The summed E-state index contributed by atoms with van der Waals surface area (Å²) >= 11 is 6.11. The topological polar surface area (TPSA) is 47.7 Å². The van der Waals surface area contributed by atoms with Gasteiger partial charge in [-0.05, 0) is 26.5 Å². The smallest absolute Gasteiger partial charge is 0.165 e. The van der Waals surface area contributed by atoms with E-state index in [0.29, 0.717) is 10.8 Å². The normalized spacial score (nSPS) is 17.9. The number of ether oxygens (including phenoxy) is 2. The zero-order valence-corrected chi connectivity index (χ0v) is 12.4. The molecule has 19 heavy (non-hydrogen) atoms. The van der Waals surface area contributed by atoms with Gasteiger partial charge in [0.2, 0.25) is 0 Å². The van der Waals surface area contributed by atoms with Gasteiger partial charge >= 0.3 is 0 Å². The number of likely N-dealkylation sites (N-methyl/N-ethyl adjacent to an activating group) is 1. The van der Waals surface area contributed by atoms with Gasteiger partial charge in [-0.3, -0.25) is 4.90 Å². The largest absolute Gasteiger partial charge is 0.493 e. The predicted molar refractivity (Wildman–Crippen MR) is 77.3 cm³/mol. The van der Waals surface area contributed by atoms with Gasteiger partial charge < -0.3 is 15.2 Å². The number of hydrogen-bond acceptors (Lipinski definition) is 4. The van der Waals surface area contributed by atoms with Crippen molar-refractivity contribution in [2.24, 2.45) is 5.73 Å². The van der Waals surface area contributed by atoms with Crippen molar-refractivity contribution >= 4 is 11.6 Å². The molecule has 5 heteroatoms. The lowest BCUT2D eigenvalue weighted by Gasteiger charge is -2.36. The first-order chi connectivity index (χ1) is 8.99. The zero-order chi connectivity index (χ0) is 14.0. The molecule has 1 saturated heterocycles. The van der Waals surface area contributed by atoms with Crippen LogP contribution in [0.1, 0.15) is 12.5 Å². The van der Waals surface area contributed by atoms with Crippen LogP contribution in [-0.4, -0.2) is 44.3 Å². The summed E-state index contributed by atoms with van der Waals surface area (Å²) < 4.78 is 11.4. The summed E-state index contributed by atoms with van der Waals surface area (Å²) in [5, 5.41) is 0.644. The molecule has 2 N–H and O–H groups in total. The van der Waals surface area contributed by atoms with Crippen molar-refractivity contribution in [3.63, 3.8) is 0 Å². The fourth-order valence-electron chi connectivity index (χ4n) is 2.29. The van der Waals surface area contributed by atoms with Crippen molar-refractivity contribution < 1.29 is 9.47 Å². The highest BCUT2D eigenvalue weighted by atomic mass is 35.5. The van der Waals surface area contributed by atoms with Gasteiger partial charge in [0.15, 0.2) is 11.5 Å². The van der Waals surface area contributed by atoms with E-state index >= 15 is 0 Å². The third kappa shape index (κ3) is 3.53. The molecule has 1 aromatic carbocycles. The minimum Gasteiger partial charge on any atom is -0.493 e. The number of nitrogens with two attached hydrogens (primary N) is 1. The Morgan fingerprint density at radius 2 is 2.16 bits per heavy atom. The Labute approximate surface area is 119 Å². The summed E-state index contributed by atoms with van der Waals surface area (Å²) in [6, 6.07) is 3.74. The van der Waals surface area contributed by atoms with Gasteiger partial charge in [-0.2, -0.15) is 0 Å². The third-order valence-corrected chi connectivity index (χ3v) is 3.39. The average molecular weight is 285 g/mol. The molecule has 1 fully saturated rings. The molecule has 0 aromatic heterocycles. The minimum absolute atomic E-state index is 0.0505. The summed E-state index contributed by atoms with van der Waals surface area (Å²) in [6.07, 6.45) is 0.932. The van der Waals surface area contributed by atoms with Crippen molar-refractivity contribution in [2.75, 3.05) is 27.2 Å². The molecule has 4 nitrogen and oxygen atoms in total. The maximum Gasteiger partial charge on any atom is 0.165 e. The molecule has 2 rings (SSSR count). The van der Waals surface area contributed by atoms with E-state index in [1.807, 2.05) is 13.0 Å². The number of methoxy groups -OCH3 is 1. The highest BCUT2D eigenvalue weighted by Gasteiger charge is 2.27. The van der Waals surface area contributed by atoms with E-state index < -0.39 is 0 Å². The number of hydrogen-bond donors (Lipinski definition) is 1. The van der Waals surface area contributed by atoms with Gasteiger partial charge in [0.05, 0.1) is 7.11 Å². The Kier molecular flexibility index (Phi) is 4.55. The van der Waals surface area contributed by atoms with Crippen LogP contribution in [0.3, 0.4) is 0 Å². The molecule has 0 amide bonds. The van der Waals surface area contributed by atoms with E-state index in [0.717, 1.165) is 30.8 Å². The molecule has 106 valence electrons. The molecular weight excluding hydrogens is 264 g/mol. The van der Waals surface area contributed by atoms with Gasteiger partial charge in [-0.25, -0.2) is 0 Å². The van der Waals surface area contributed by atoms with Crippen LogP contribution < -0.4 is 15.2 Å². The fourth-order valence-corrected chi connectivity index (χ4v) is 2.52. The standard InChI is InChI=1S/C14H21ClN2O2/c1-9(16)4-10-5-11(15)6-13(18-3)14(10)19-12-7-17(2)8-12/h5-6,9,12H,4,7-8,16H2,1-3H3. The molecule has 1 heterocycles. The molecule has 0 bridgehead atoms. The summed E-state index contributed by atoms with van der Waals surface area (Å²) in [5.74, 6) is 1.46. The lowest BCUT2D eigenvalue weighted by molar-refractivity contribution is 0.0362. The van der Waals surface area contributed by atoms with Crippen LogP contribution in [-0.2, 0) is 6.42 Å². The van der Waals surface area contributed by atoms with E-state index in [1.165, 1.54) is 0 Å². The van der Waals surface area contributed by atoms with Gasteiger partial charge in [0, 0.05) is 35.8 Å². The van der Waals surface area contributed by atoms with Gasteiger partial charge in [-0.15, -0.1) is 0 Å². The quantitative estimate of drug-likeness (QED) is 0.898. The second kappa shape index (κ2) is 5.99. The second-order valence-electron chi connectivity index (χ2n) is 5.24. The lowest BCUT2D eigenvalue weighted by atomic mass is 10.1. The Bertz CT molecular complexity index is 445. The summed E-state index contributed by atoms with van der Waals surface area (Å²) in [7, 11) is 3.70. The molecular formula is C14H21ClN2O2. The van der Waals surface area contributed by atoms with Gasteiger partial charge in [0.1, 0.15) is 6.10 Å². The highest BCUT2D eigenvalue weighted by molar-refractivity contribution is 6.30. The van der Waals surface area contributed by atoms with E-state index in [1.54, 1.807) is 13.2 Å². The molecule has 1 atom stereocenters. The molecule has 1 aliphatic rings. The van der Waals surface area contributed by atoms with Crippen molar-refractivity contribution in [1.82, 2.24) is 4.90 Å². The van der Waals surface area contributed by atoms with Crippen LogP contribution in [0.5, 0.6) is 11.5 Å². The fraction of sp³-hybridized carbons (Fsp3) is 0.571. The molecule has 1 aromatic rings. The Morgan fingerprint density at radius 3 is 2.68 bits per heavy atom. The Hall–Kier alpha value is -0.970. The number of benzene rings is 1. The molecule has 0 aliphatic carbocycles. The van der Waals surface area contributed by atoms with Crippen molar-refractivity contribution in [1.29, 1.82) is 0 Å². The van der Waals surface area contributed by atoms with Crippen LogP contribution >= 0.6 is 11.6 Å². The van der Waals surface area contributed by atoms with E-state index in [4.69, 9.17) is 26.8 Å². The van der Waals surface area contributed by atoms with Crippen molar-refractivity contribution in [3.8, 4) is 11.5 Å². The zero-order valence-electron chi connectivity index (χ0n) is 11.6. The molecule has 0 radical (unpaired) electrons. The van der Waals surface area contributed by atoms with Crippen LogP contribution in [0.4, 0.5) is 0 Å². The van der Waals surface area contributed by atoms with Crippen molar-refractivity contribution in [2.45, 2.75) is 25.5 Å². The highest BCUT2D eigenvalue weighted by Crippen LogP contribution is 2.36. The van der Waals surface area contributed by atoms with E-state index in [9.17, 15) is 0 Å². The minimum atomic E-state index is 0.0505. The number of rotatable bonds is 5. The first kappa shape index (κ1) is 14.4. The van der Waals surface area contributed by atoms with Crippen LogP contribution in [0.15, 0.2) is 12.1 Å². The first-order valence-corrected chi connectivity index (χ1v) is 6.84. The first-order valence-electron chi connectivity index (χ1n) is 6.46. The summed E-state index contributed by atoms with van der Waals surface area (Å²) in [4.78, 5) is 2.21. The second-order valence-corrected chi connectivity index (χ2v) is 5.68. The number of halogens is 1. The van der Waals surface area contributed by atoms with Crippen LogP contribution in [0, 0.1) is 0 Å². The van der Waals surface area contributed by atoms with E-state index in [2.05, 4.69) is 11.9 Å². The Morgan fingerprint density at radius 1 is 1.47 bits per heavy atom. The van der Waals surface area contributed by atoms with Gasteiger partial charge in [0.25, 0.3) is 0 Å².